The maximum atomic E-state index is 13.3. The Bertz CT molecular complexity index is 885. The lowest BCUT2D eigenvalue weighted by Gasteiger charge is -2.26. The topological polar surface area (TPSA) is 75.7 Å². The van der Waals surface area contributed by atoms with E-state index >= 15 is 0 Å². The Labute approximate surface area is 171 Å². The number of carbonyl (C=O) groups excluding carboxylic acids is 1. The molecule has 1 N–H and O–H groups in total. The first-order valence-electron chi connectivity index (χ1n) is 9.17. The summed E-state index contributed by atoms with van der Waals surface area (Å²) in [5.74, 6) is 0.0150. The molecule has 1 amide bonds. The Balaban J connectivity index is 2.44. The molecule has 6 nitrogen and oxygen atoms in total. The van der Waals surface area contributed by atoms with Crippen molar-refractivity contribution in [3.63, 3.8) is 0 Å². The lowest BCUT2D eigenvalue weighted by molar-refractivity contribution is -0.119. The number of carbonyl (C=O) groups is 1. The molecule has 0 aliphatic rings. The number of hydrogen-bond acceptors (Lipinski definition) is 4. The average Bonchev–Trinajstić information content (AvgIpc) is 2.67. The van der Waals surface area contributed by atoms with E-state index in [2.05, 4.69) is 5.32 Å². The van der Waals surface area contributed by atoms with Gasteiger partial charge in [0.2, 0.25) is 5.91 Å². The second kappa shape index (κ2) is 10.3. The summed E-state index contributed by atoms with van der Waals surface area (Å²) in [6, 6.07) is 12.6. The van der Waals surface area contributed by atoms with E-state index < -0.39 is 10.0 Å². The standard InChI is InChI=1S/C20H25ClN2O4S/c1-3-5-14-22-20(24)15-23(18-8-6-7-9-19(18)27-4-2)28(25,26)17-12-10-16(21)11-13-17/h6-13H,3-5,14-15H2,1-2H3,(H,22,24). The second-order valence-corrected chi connectivity index (χ2v) is 8.37. The first-order valence-corrected chi connectivity index (χ1v) is 11.0. The lowest BCUT2D eigenvalue weighted by atomic mass is 10.3. The van der Waals surface area contributed by atoms with Crippen molar-refractivity contribution in [2.45, 2.75) is 31.6 Å². The van der Waals surface area contributed by atoms with E-state index in [1.807, 2.05) is 13.8 Å². The Kier molecular flexibility index (Phi) is 8.14. The number of sulfonamides is 1. The number of halogens is 1. The van der Waals surface area contributed by atoms with Crippen LogP contribution in [0.15, 0.2) is 53.4 Å². The normalized spacial score (nSPS) is 11.1. The van der Waals surface area contributed by atoms with E-state index in [0.717, 1.165) is 17.1 Å². The molecule has 28 heavy (non-hydrogen) atoms. The van der Waals surface area contributed by atoms with Crippen molar-refractivity contribution in [3.05, 3.63) is 53.6 Å². The zero-order valence-electron chi connectivity index (χ0n) is 16.0. The van der Waals surface area contributed by atoms with Crippen LogP contribution in [0.25, 0.3) is 0 Å². The van der Waals surface area contributed by atoms with Crippen LogP contribution in [-0.2, 0) is 14.8 Å². The fraction of sp³-hybridized carbons (Fsp3) is 0.350. The van der Waals surface area contributed by atoms with Crippen LogP contribution in [-0.4, -0.2) is 34.0 Å². The molecule has 0 aliphatic carbocycles. The van der Waals surface area contributed by atoms with Gasteiger partial charge in [0.15, 0.2) is 0 Å². The van der Waals surface area contributed by atoms with E-state index in [0.29, 0.717) is 29.6 Å². The molecule has 0 spiro atoms. The van der Waals surface area contributed by atoms with Crippen LogP contribution in [0.1, 0.15) is 26.7 Å². The zero-order chi connectivity index (χ0) is 20.6. The fourth-order valence-corrected chi connectivity index (χ4v) is 4.12. The molecule has 0 unspecified atom stereocenters. The van der Waals surface area contributed by atoms with Gasteiger partial charge in [-0.05, 0) is 49.7 Å². The molecule has 0 bridgehead atoms. The Morgan fingerprint density at radius 1 is 1.11 bits per heavy atom. The number of unbranched alkanes of at least 4 members (excludes halogenated alkanes) is 1. The average molecular weight is 425 g/mol. The van der Waals surface area contributed by atoms with E-state index in [4.69, 9.17) is 16.3 Å². The zero-order valence-corrected chi connectivity index (χ0v) is 17.6. The highest BCUT2D eigenvalue weighted by atomic mass is 35.5. The van der Waals surface area contributed by atoms with Crippen molar-refractivity contribution in [1.82, 2.24) is 5.32 Å². The third-order valence-corrected chi connectivity index (χ3v) is 6.00. The summed E-state index contributed by atoms with van der Waals surface area (Å²) in [6.07, 6.45) is 1.76. The molecule has 0 saturated carbocycles. The monoisotopic (exact) mass is 424 g/mol. The van der Waals surface area contributed by atoms with E-state index in [9.17, 15) is 13.2 Å². The smallest absolute Gasteiger partial charge is 0.264 e. The van der Waals surface area contributed by atoms with Crippen molar-refractivity contribution in [3.8, 4) is 5.75 Å². The molecule has 0 saturated heterocycles. The first-order chi connectivity index (χ1) is 13.4. The van der Waals surface area contributed by atoms with Crippen LogP contribution in [0.5, 0.6) is 5.75 Å². The predicted octanol–water partition coefficient (Wildman–Crippen LogP) is 3.85. The molecule has 152 valence electrons. The molecule has 2 aromatic carbocycles. The number of anilines is 1. The van der Waals surface area contributed by atoms with E-state index in [1.165, 1.54) is 24.3 Å². The fourth-order valence-electron chi connectivity index (χ4n) is 2.57. The van der Waals surface area contributed by atoms with Gasteiger partial charge < -0.3 is 10.1 Å². The van der Waals surface area contributed by atoms with Gasteiger partial charge in [-0.2, -0.15) is 0 Å². The first kappa shape index (κ1) is 22.0. The number of ether oxygens (including phenoxy) is 1. The summed E-state index contributed by atoms with van der Waals surface area (Å²) < 4.78 is 33.3. The van der Waals surface area contributed by atoms with Gasteiger partial charge in [-0.3, -0.25) is 9.10 Å². The van der Waals surface area contributed by atoms with Crippen LogP contribution < -0.4 is 14.4 Å². The largest absolute Gasteiger partial charge is 0.492 e. The molecule has 8 heteroatoms. The Morgan fingerprint density at radius 3 is 2.43 bits per heavy atom. The minimum absolute atomic E-state index is 0.0459. The molecule has 2 aromatic rings. The molecule has 0 radical (unpaired) electrons. The number of benzene rings is 2. The van der Waals surface area contributed by atoms with Gasteiger partial charge in [0, 0.05) is 11.6 Å². The number of hydrogen-bond donors (Lipinski definition) is 1. The van der Waals surface area contributed by atoms with Crippen LogP contribution in [0.4, 0.5) is 5.69 Å². The van der Waals surface area contributed by atoms with Crippen molar-refractivity contribution >= 4 is 33.2 Å². The van der Waals surface area contributed by atoms with Crippen molar-refractivity contribution < 1.29 is 17.9 Å². The second-order valence-electron chi connectivity index (χ2n) is 6.07. The Hall–Kier alpha value is -2.25. The maximum Gasteiger partial charge on any atom is 0.264 e. The van der Waals surface area contributed by atoms with Crippen molar-refractivity contribution in [2.24, 2.45) is 0 Å². The number of nitrogens with zero attached hydrogens (tertiary/aromatic N) is 1. The quantitative estimate of drug-likeness (QED) is 0.588. The molecule has 0 heterocycles. The van der Waals surface area contributed by atoms with Gasteiger partial charge in [-0.25, -0.2) is 8.42 Å². The van der Waals surface area contributed by atoms with E-state index in [-0.39, 0.29) is 17.3 Å². The third kappa shape index (κ3) is 5.62. The minimum atomic E-state index is -4.00. The predicted molar refractivity (Wildman–Crippen MR) is 112 cm³/mol. The number of nitrogens with one attached hydrogen (secondary N) is 1. The summed E-state index contributed by atoms with van der Waals surface area (Å²) in [7, 11) is -4.00. The summed E-state index contributed by atoms with van der Waals surface area (Å²) in [4.78, 5) is 12.5. The molecule has 0 atom stereocenters. The minimum Gasteiger partial charge on any atom is -0.492 e. The lowest BCUT2D eigenvalue weighted by Crippen LogP contribution is -2.41. The highest BCUT2D eigenvalue weighted by molar-refractivity contribution is 7.92. The summed E-state index contributed by atoms with van der Waals surface area (Å²) in [6.45, 7) is 4.35. The SMILES string of the molecule is CCCCNC(=O)CN(c1ccccc1OCC)S(=O)(=O)c1ccc(Cl)cc1. The Morgan fingerprint density at radius 2 is 1.79 bits per heavy atom. The number of rotatable bonds is 10. The highest BCUT2D eigenvalue weighted by Crippen LogP contribution is 2.32. The third-order valence-electron chi connectivity index (χ3n) is 3.98. The van der Waals surface area contributed by atoms with E-state index in [1.54, 1.807) is 24.3 Å². The summed E-state index contributed by atoms with van der Waals surface area (Å²) >= 11 is 5.89. The molecule has 0 aliphatic heterocycles. The van der Waals surface area contributed by atoms with Gasteiger partial charge in [0.05, 0.1) is 17.2 Å². The maximum absolute atomic E-state index is 13.3. The molecule has 2 rings (SSSR count). The summed E-state index contributed by atoms with van der Waals surface area (Å²) in [5.41, 5.74) is 0.310. The van der Waals surface area contributed by atoms with Crippen molar-refractivity contribution in [1.29, 1.82) is 0 Å². The molecule has 0 aromatic heterocycles. The molecular weight excluding hydrogens is 400 g/mol. The van der Waals surface area contributed by atoms with Gasteiger partial charge in [-0.15, -0.1) is 0 Å². The van der Waals surface area contributed by atoms with Crippen LogP contribution in [0, 0.1) is 0 Å². The van der Waals surface area contributed by atoms with Gasteiger partial charge in [-0.1, -0.05) is 37.1 Å². The molecule has 0 fully saturated rings. The van der Waals surface area contributed by atoms with Gasteiger partial charge >= 0.3 is 0 Å². The number of amides is 1. The van der Waals surface area contributed by atoms with Gasteiger partial charge in [0.25, 0.3) is 10.0 Å². The van der Waals surface area contributed by atoms with Crippen LogP contribution in [0.2, 0.25) is 5.02 Å². The highest BCUT2D eigenvalue weighted by Gasteiger charge is 2.29. The van der Waals surface area contributed by atoms with Crippen LogP contribution >= 0.6 is 11.6 Å². The van der Waals surface area contributed by atoms with Gasteiger partial charge in [0.1, 0.15) is 12.3 Å². The summed E-state index contributed by atoms with van der Waals surface area (Å²) in [5, 5.41) is 3.19. The number of para-hydroxylation sites is 2. The van der Waals surface area contributed by atoms with Crippen LogP contribution in [0.3, 0.4) is 0 Å². The molecular formula is C20H25ClN2O4S. The van der Waals surface area contributed by atoms with Crippen molar-refractivity contribution in [2.75, 3.05) is 24.0 Å².